The number of aliphatic hydroxyl groups excluding tert-OH is 1. The second-order valence-electron chi connectivity index (χ2n) is 3.31. The molecule has 1 fully saturated rings. The van der Waals surface area contributed by atoms with Gasteiger partial charge >= 0.3 is 0 Å². The maximum atomic E-state index is 11.1. The van der Waals surface area contributed by atoms with Crippen LogP contribution in [0.2, 0.25) is 0 Å². The first kappa shape index (κ1) is 9.81. The molecule has 2 atom stereocenters. The number of hydrogen-bond donors (Lipinski definition) is 1. The van der Waals surface area contributed by atoms with Crippen LogP contribution in [0, 0.1) is 5.92 Å². The first-order valence-electron chi connectivity index (χ1n) is 4.17. The van der Waals surface area contributed by atoms with E-state index in [2.05, 4.69) is 0 Å². The lowest BCUT2D eigenvalue weighted by molar-refractivity contribution is -0.131. The molecule has 1 rings (SSSR count). The zero-order chi connectivity index (χ0) is 9.14. The molecule has 3 nitrogen and oxygen atoms in total. The van der Waals surface area contributed by atoms with E-state index in [0.29, 0.717) is 19.5 Å². The number of rotatable bonds is 1. The van der Waals surface area contributed by atoms with Crippen LogP contribution in [0.5, 0.6) is 0 Å². The molecular weight excluding hydrogens is 178 g/mol. The Labute approximate surface area is 77.3 Å². The summed E-state index contributed by atoms with van der Waals surface area (Å²) in [4.78, 5) is 12.8. The second kappa shape index (κ2) is 4.10. The lowest BCUT2D eigenvalue weighted by Crippen LogP contribution is -2.45. The Morgan fingerprint density at radius 3 is 2.92 bits per heavy atom. The summed E-state index contributed by atoms with van der Waals surface area (Å²) >= 11 is 5.42. The lowest BCUT2D eigenvalue weighted by Gasteiger charge is -2.33. The van der Waals surface area contributed by atoms with Crippen molar-refractivity contribution in [2.45, 2.75) is 19.4 Å². The third-order valence-electron chi connectivity index (χ3n) is 2.33. The summed E-state index contributed by atoms with van der Waals surface area (Å²) < 4.78 is 0. The van der Waals surface area contributed by atoms with Gasteiger partial charge in [0.25, 0.3) is 0 Å². The van der Waals surface area contributed by atoms with Gasteiger partial charge < -0.3 is 10.0 Å². The van der Waals surface area contributed by atoms with E-state index in [4.69, 9.17) is 11.6 Å². The van der Waals surface area contributed by atoms with Crippen LogP contribution in [0.4, 0.5) is 0 Å². The number of carbonyl (C=O) groups excluding carboxylic acids is 1. The molecule has 0 aromatic carbocycles. The molecule has 1 amide bonds. The van der Waals surface area contributed by atoms with Crippen molar-refractivity contribution < 1.29 is 9.90 Å². The SMILES string of the molecule is CC1CN(C(=O)CCl)CCC1O. The zero-order valence-corrected chi connectivity index (χ0v) is 7.92. The first-order chi connectivity index (χ1) is 5.65. The molecule has 0 radical (unpaired) electrons. The van der Waals surface area contributed by atoms with Crippen molar-refractivity contribution in [3.8, 4) is 0 Å². The molecular formula is C8H14ClNO2. The molecule has 4 heteroatoms. The number of hydrogen-bond acceptors (Lipinski definition) is 2. The number of carbonyl (C=O) groups is 1. The fourth-order valence-corrected chi connectivity index (χ4v) is 1.61. The molecule has 1 saturated heterocycles. The molecule has 12 heavy (non-hydrogen) atoms. The van der Waals surface area contributed by atoms with Crippen molar-refractivity contribution in [1.29, 1.82) is 0 Å². The van der Waals surface area contributed by atoms with Crippen LogP contribution in [0.25, 0.3) is 0 Å². The number of halogens is 1. The van der Waals surface area contributed by atoms with Crippen molar-refractivity contribution in [3.63, 3.8) is 0 Å². The fourth-order valence-electron chi connectivity index (χ4n) is 1.44. The van der Waals surface area contributed by atoms with Gasteiger partial charge in [0.2, 0.25) is 5.91 Å². The smallest absolute Gasteiger partial charge is 0.237 e. The van der Waals surface area contributed by atoms with Crippen LogP contribution in [0.15, 0.2) is 0 Å². The monoisotopic (exact) mass is 191 g/mol. The van der Waals surface area contributed by atoms with Gasteiger partial charge in [-0.05, 0) is 12.3 Å². The zero-order valence-electron chi connectivity index (χ0n) is 7.16. The molecule has 1 aliphatic rings. The predicted molar refractivity (Wildman–Crippen MR) is 47.1 cm³/mol. The van der Waals surface area contributed by atoms with Crippen molar-refractivity contribution in [3.05, 3.63) is 0 Å². The van der Waals surface area contributed by atoms with Crippen LogP contribution in [0.1, 0.15) is 13.3 Å². The van der Waals surface area contributed by atoms with Crippen LogP contribution in [-0.4, -0.2) is 41.0 Å². The van der Waals surface area contributed by atoms with Gasteiger partial charge in [-0.15, -0.1) is 11.6 Å². The number of amides is 1. The first-order valence-corrected chi connectivity index (χ1v) is 4.70. The van der Waals surface area contributed by atoms with Crippen LogP contribution >= 0.6 is 11.6 Å². The van der Waals surface area contributed by atoms with E-state index in [1.165, 1.54) is 0 Å². The Hall–Kier alpha value is -0.280. The Kier molecular flexibility index (Phi) is 3.35. The number of piperidine rings is 1. The van der Waals surface area contributed by atoms with Gasteiger partial charge in [-0.2, -0.15) is 0 Å². The molecule has 0 bridgehead atoms. The molecule has 0 aromatic rings. The van der Waals surface area contributed by atoms with E-state index in [1.54, 1.807) is 4.90 Å². The molecule has 0 spiro atoms. The maximum absolute atomic E-state index is 11.1. The molecule has 1 heterocycles. The van der Waals surface area contributed by atoms with E-state index in [0.717, 1.165) is 0 Å². The van der Waals surface area contributed by atoms with Crippen molar-refractivity contribution in [2.24, 2.45) is 5.92 Å². The quantitative estimate of drug-likeness (QED) is 0.612. The van der Waals surface area contributed by atoms with Crippen LogP contribution in [0.3, 0.4) is 0 Å². The third-order valence-corrected chi connectivity index (χ3v) is 2.56. The topological polar surface area (TPSA) is 40.5 Å². The van der Waals surface area contributed by atoms with E-state index < -0.39 is 0 Å². The highest BCUT2D eigenvalue weighted by Gasteiger charge is 2.26. The second-order valence-corrected chi connectivity index (χ2v) is 3.57. The Morgan fingerprint density at radius 1 is 1.75 bits per heavy atom. The normalized spacial score (nSPS) is 30.4. The predicted octanol–water partition coefficient (Wildman–Crippen LogP) is 0.455. The minimum atomic E-state index is -0.260. The van der Waals surface area contributed by atoms with Gasteiger partial charge in [-0.3, -0.25) is 4.79 Å². The number of aliphatic hydroxyl groups is 1. The number of nitrogens with zero attached hydrogens (tertiary/aromatic N) is 1. The minimum Gasteiger partial charge on any atom is -0.393 e. The summed E-state index contributed by atoms with van der Waals surface area (Å²) in [5, 5.41) is 9.38. The molecule has 1 N–H and O–H groups in total. The molecule has 2 unspecified atom stereocenters. The molecule has 0 aliphatic carbocycles. The van der Waals surface area contributed by atoms with Gasteiger partial charge in [0, 0.05) is 13.1 Å². The summed E-state index contributed by atoms with van der Waals surface area (Å²) in [5.41, 5.74) is 0. The Morgan fingerprint density at radius 2 is 2.42 bits per heavy atom. The van der Waals surface area contributed by atoms with Crippen LogP contribution < -0.4 is 0 Å². The van der Waals surface area contributed by atoms with Crippen molar-refractivity contribution >= 4 is 17.5 Å². The standard InChI is InChI=1S/C8H14ClNO2/c1-6-5-10(8(12)4-9)3-2-7(6)11/h6-7,11H,2-5H2,1H3. The Balaban J connectivity index is 2.45. The van der Waals surface area contributed by atoms with Crippen molar-refractivity contribution in [1.82, 2.24) is 4.90 Å². The van der Waals surface area contributed by atoms with E-state index in [1.807, 2.05) is 6.92 Å². The van der Waals surface area contributed by atoms with Gasteiger partial charge in [0.15, 0.2) is 0 Å². The van der Waals surface area contributed by atoms with Crippen LogP contribution in [-0.2, 0) is 4.79 Å². The molecule has 0 aromatic heterocycles. The average Bonchev–Trinajstić information content (AvgIpc) is 2.08. The molecule has 0 saturated carbocycles. The van der Waals surface area contributed by atoms with Gasteiger partial charge in [-0.25, -0.2) is 0 Å². The maximum Gasteiger partial charge on any atom is 0.237 e. The molecule has 1 aliphatic heterocycles. The van der Waals surface area contributed by atoms with Crippen molar-refractivity contribution in [2.75, 3.05) is 19.0 Å². The summed E-state index contributed by atoms with van der Waals surface area (Å²) in [6.07, 6.45) is 0.411. The van der Waals surface area contributed by atoms with E-state index >= 15 is 0 Å². The third kappa shape index (κ3) is 2.11. The van der Waals surface area contributed by atoms with Gasteiger partial charge in [0.05, 0.1) is 6.10 Å². The highest BCUT2D eigenvalue weighted by molar-refractivity contribution is 6.27. The van der Waals surface area contributed by atoms with Gasteiger partial charge in [-0.1, -0.05) is 6.92 Å². The lowest BCUT2D eigenvalue weighted by atomic mass is 9.97. The largest absolute Gasteiger partial charge is 0.393 e. The average molecular weight is 192 g/mol. The highest BCUT2D eigenvalue weighted by atomic mass is 35.5. The highest BCUT2D eigenvalue weighted by Crippen LogP contribution is 2.16. The van der Waals surface area contributed by atoms with Gasteiger partial charge in [0.1, 0.15) is 5.88 Å². The summed E-state index contributed by atoms with van der Waals surface area (Å²) in [6, 6.07) is 0. The molecule has 70 valence electrons. The summed E-state index contributed by atoms with van der Waals surface area (Å²) in [5.74, 6) is 0.185. The minimum absolute atomic E-state index is 0.0320. The number of likely N-dealkylation sites (tertiary alicyclic amines) is 1. The van der Waals surface area contributed by atoms with E-state index in [-0.39, 0.29) is 23.8 Å². The summed E-state index contributed by atoms with van der Waals surface area (Å²) in [7, 11) is 0. The number of alkyl halides is 1. The Bertz CT molecular complexity index is 174. The van der Waals surface area contributed by atoms with E-state index in [9.17, 15) is 9.90 Å². The fraction of sp³-hybridized carbons (Fsp3) is 0.875. The summed E-state index contributed by atoms with van der Waals surface area (Å²) in [6.45, 7) is 3.21.